The minimum Gasteiger partial charge on any atom is -0.494 e. The molecule has 0 radical (unpaired) electrons. The molecule has 1 fully saturated rings. The van der Waals surface area contributed by atoms with Crippen LogP contribution in [-0.4, -0.2) is 35.6 Å². The third kappa shape index (κ3) is 4.29. The van der Waals surface area contributed by atoms with Crippen molar-refractivity contribution in [3.8, 4) is 16.5 Å². The summed E-state index contributed by atoms with van der Waals surface area (Å²) in [5.41, 5.74) is 1.33. The summed E-state index contributed by atoms with van der Waals surface area (Å²) < 4.78 is 10.6. The third-order valence-electron chi connectivity index (χ3n) is 4.60. The monoisotopic (exact) mass is 412 g/mol. The lowest BCUT2D eigenvalue weighted by Crippen LogP contribution is -2.24. The molecule has 0 atom stereocenters. The lowest BCUT2D eigenvalue weighted by atomic mass is 10.2. The van der Waals surface area contributed by atoms with Crippen molar-refractivity contribution >= 4 is 34.5 Å². The van der Waals surface area contributed by atoms with Crippen molar-refractivity contribution in [2.24, 2.45) is 0 Å². The van der Waals surface area contributed by atoms with Crippen LogP contribution in [0.3, 0.4) is 0 Å². The maximum atomic E-state index is 12.3. The number of hydrogen-bond acceptors (Lipinski definition) is 7. The summed E-state index contributed by atoms with van der Waals surface area (Å²) in [6, 6.07) is 9.12. The van der Waals surface area contributed by atoms with E-state index in [2.05, 4.69) is 15.5 Å². The maximum Gasteiger partial charge on any atom is 0.227 e. The van der Waals surface area contributed by atoms with Gasteiger partial charge in [0.1, 0.15) is 5.75 Å². The van der Waals surface area contributed by atoms with Gasteiger partial charge < -0.3 is 19.5 Å². The van der Waals surface area contributed by atoms with Crippen LogP contribution >= 0.6 is 11.3 Å². The van der Waals surface area contributed by atoms with Crippen LogP contribution in [0, 0.1) is 0 Å². The van der Waals surface area contributed by atoms with E-state index in [0.717, 1.165) is 17.0 Å². The Bertz CT molecular complexity index is 1020. The molecule has 1 aromatic carbocycles. The molecule has 150 valence electrons. The van der Waals surface area contributed by atoms with E-state index in [1.807, 2.05) is 17.5 Å². The summed E-state index contributed by atoms with van der Waals surface area (Å²) in [6.07, 6.45) is 1.94. The van der Waals surface area contributed by atoms with Gasteiger partial charge in [0, 0.05) is 37.6 Å². The number of methoxy groups -OCH3 is 1. The topological polar surface area (TPSA) is 97.6 Å². The van der Waals surface area contributed by atoms with Crippen molar-refractivity contribution in [2.45, 2.75) is 25.7 Å². The van der Waals surface area contributed by atoms with Gasteiger partial charge in [-0.25, -0.2) is 0 Å². The normalized spacial score (nSPS) is 13.7. The van der Waals surface area contributed by atoms with Gasteiger partial charge in [-0.05, 0) is 30.0 Å². The minimum atomic E-state index is -0.173. The first-order chi connectivity index (χ1) is 14.1. The number of ether oxygens (including phenoxy) is 1. The first-order valence-electron chi connectivity index (χ1n) is 9.29. The van der Waals surface area contributed by atoms with Crippen LogP contribution in [0.15, 0.2) is 40.2 Å². The van der Waals surface area contributed by atoms with Crippen LogP contribution in [0.1, 0.15) is 25.2 Å². The molecule has 1 aliphatic heterocycles. The van der Waals surface area contributed by atoms with Gasteiger partial charge in [-0.1, -0.05) is 11.2 Å². The van der Waals surface area contributed by atoms with E-state index in [0.29, 0.717) is 42.5 Å². The predicted octanol–water partition coefficient (Wildman–Crippen LogP) is 3.50. The lowest BCUT2D eigenvalue weighted by molar-refractivity contribution is -0.117. The quantitative estimate of drug-likeness (QED) is 0.638. The SMILES string of the molecule is COc1cc(NC(=O)CCc2nc(-c3cccs3)no2)ccc1N1CCCC1=O. The fourth-order valence-corrected chi connectivity index (χ4v) is 3.84. The molecule has 1 N–H and O–H groups in total. The number of rotatable bonds is 7. The highest BCUT2D eigenvalue weighted by Crippen LogP contribution is 2.33. The summed E-state index contributed by atoms with van der Waals surface area (Å²) in [5.74, 6) is 1.42. The van der Waals surface area contributed by atoms with Crippen molar-refractivity contribution in [3.63, 3.8) is 0 Å². The molecule has 1 saturated heterocycles. The van der Waals surface area contributed by atoms with Gasteiger partial charge in [0.15, 0.2) is 0 Å². The summed E-state index contributed by atoms with van der Waals surface area (Å²) in [4.78, 5) is 31.2. The van der Waals surface area contributed by atoms with E-state index in [1.165, 1.54) is 11.3 Å². The van der Waals surface area contributed by atoms with Gasteiger partial charge in [-0.3, -0.25) is 9.59 Å². The molecule has 4 rings (SSSR count). The molecule has 3 aromatic rings. The van der Waals surface area contributed by atoms with Crippen LogP contribution in [-0.2, 0) is 16.0 Å². The van der Waals surface area contributed by atoms with E-state index >= 15 is 0 Å². The molecule has 0 bridgehead atoms. The van der Waals surface area contributed by atoms with Gasteiger partial charge in [0.25, 0.3) is 0 Å². The molecule has 3 heterocycles. The van der Waals surface area contributed by atoms with Crippen molar-refractivity contribution < 1.29 is 18.8 Å². The molecule has 0 spiro atoms. The number of nitrogens with one attached hydrogen (secondary N) is 1. The molecule has 1 aliphatic rings. The number of thiophene rings is 1. The van der Waals surface area contributed by atoms with E-state index < -0.39 is 0 Å². The van der Waals surface area contributed by atoms with Crippen LogP contribution in [0.5, 0.6) is 5.75 Å². The van der Waals surface area contributed by atoms with Crippen LogP contribution in [0.25, 0.3) is 10.7 Å². The standard InChI is InChI=1S/C20H20N4O4S/c1-27-15-12-13(6-7-14(15)24-10-2-5-19(24)26)21-17(25)8-9-18-22-20(23-28-18)16-4-3-11-29-16/h3-4,6-7,11-12H,2,5,8-10H2,1H3,(H,21,25). The number of aryl methyl sites for hydroxylation is 1. The van der Waals surface area contributed by atoms with Gasteiger partial charge in [-0.15, -0.1) is 11.3 Å². The first-order valence-corrected chi connectivity index (χ1v) is 10.2. The average Bonchev–Trinajstić information content (AvgIpc) is 3.48. The number of anilines is 2. The molecule has 2 aromatic heterocycles. The Morgan fingerprint density at radius 3 is 3.00 bits per heavy atom. The van der Waals surface area contributed by atoms with Gasteiger partial charge >= 0.3 is 0 Å². The highest BCUT2D eigenvalue weighted by molar-refractivity contribution is 7.13. The van der Waals surface area contributed by atoms with Gasteiger partial charge in [0.05, 0.1) is 17.7 Å². The second-order valence-electron chi connectivity index (χ2n) is 6.57. The fraction of sp³-hybridized carbons (Fsp3) is 0.300. The molecule has 0 aliphatic carbocycles. The largest absolute Gasteiger partial charge is 0.494 e. The number of nitrogens with zero attached hydrogens (tertiary/aromatic N) is 3. The molecule has 2 amide bonds. The Morgan fingerprint density at radius 2 is 2.28 bits per heavy atom. The average molecular weight is 412 g/mol. The van der Waals surface area contributed by atoms with Gasteiger partial charge in [-0.2, -0.15) is 4.98 Å². The Balaban J connectivity index is 1.36. The Kier molecular flexibility index (Phi) is 5.57. The molecule has 29 heavy (non-hydrogen) atoms. The maximum absolute atomic E-state index is 12.3. The fourth-order valence-electron chi connectivity index (χ4n) is 3.19. The molecular weight excluding hydrogens is 392 g/mol. The Hall–Kier alpha value is -3.20. The smallest absolute Gasteiger partial charge is 0.227 e. The zero-order chi connectivity index (χ0) is 20.2. The van der Waals surface area contributed by atoms with Crippen molar-refractivity contribution in [1.82, 2.24) is 10.1 Å². The Morgan fingerprint density at radius 1 is 1.38 bits per heavy atom. The summed E-state index contributed by atoms with van der Waals surface area (Å²) in [5, 5.41) is 8.72. The number of carbonyl (C=O) groups is 2. The van der Waals surface area contributed by atoms with Crippen molar-refractivity contribution in [2.75, 3.05) is 23.9 Å². The number of benzene rings is 1. The molecule has 9 heteroatoms. The second kappa shape index (κ2) is 8.44. The highest BCUT2D eigenvalue weighted by Gasteiger charge is 2.24. The second-order valence-corrected chi connectivity index (χ2v) is 7.52. The lowest BCUT2D eigenvalue weighted by Gasteiger charge is -2.19. The van der Waals surface area contributed by atoms with E-state index in [-0.39, 0.29) is 18.2 Å². The van der Waals surface area contributed by atoms with E-state index in [1.54, 1.807) is 30.2 Å². The predicted molar refractivity (Wildman–Crippen MR) is 109 cm³/mol. The summed E-state index contributed by atoms with van der Waals surface area (Å²) in [6.45, 7) is 0.679. The zero-order valence-electron chi connectivity index (χ0n) is 15.9. The van der Waals surface area contributed by atoms with Crippen molar-refractivity contribution in [3.05, 3.63) is 41.6 Å². The number of carbonyl (C=O) groups excluding carboxylic acids is 2. The summed E-state index contributed by atoms with van der Waals surface area (Å²) in [7, 11) is 1.55. The Labute approximate surface area is 171 Å². The zero-order valence-corrected chi connectivity index (χ0v) is 16.7. The molecule has 8 nitrogen and oxygen atoms in total. The molecule has 0 saturated carbocycles. The molecular formula is C20H20N4O4S. The molecule has 0 unspecified atom stereocenters. The third-order valence-corrected chi connectivity index (χ3v) is 5.47. The van der Waals surface area contributed by atoms with Crippen molar-refractivity contribution in [1.29, 1.82) is 0 Å². The van der Waals surface area contributed by atoms with Crippen LogP contribution < -0.4 is 15.0 Å². The number of amides is 2. The van der Waals surface area contributed by atoms with Crippen LogP contribution in [0.2, 0.25) is 0 Å². The van der Waals surface area contributed by atoms with Gasteiger partial charge in [0.2, 0.25) is 23.5 Å². The summed E-state index contributed by atoms with van der Waals surface area (Å²) >= 11 is 1.53. The van der Waals surface area contributed by atoms with E-state index in [4.69, 9.17) is 9.26 Å². The van der Waals surface area contributed by atoms with Crippen LogP contribution in [0.4, 0.5) is 11.4 Å². The number of aromatic nitrogens is 2. The number of hydrogen-bond donors (Lipinski definition) is 1. The minimum absolute atomic E-state index is 0.0848. The highest BCUT2D eigenvalue weighted by atomic mass is 32.1. The first kappa shape index (κ1) is 19.1. The van der Waals surface area contributed by atoms with E-state index in [9.17, 15) is 9.59 Å².